The zero-order valence-corrected chi connectivity index (χ0v) is 25.5. The molecule has 6 aromatic rings. The Morgan fingerprint density at radius 3 is 2.18 bits per heavy atom. The molecule has 0 radical (unpaired) electrons. The van der Waals surface area contributed by atoms with Gasteiger partial charge in [0, 0.05) is 17.6 Å². The van der Waals surface area contributed by atoms with Gasteiger partial charge in [-0.05, 0) is 38.7 Å². The van der Waals surface area contributed by atoms with Gasteiger partial charge in [0.1, 0.15) is 0 Å². The molecule has 0 aliphatic carbocycles. The topological polar surface area (TPSA) is 44.8 Å². The Hall–Kier alpha value is -3.49. The van der Waals surface area contributed by atoms with Gasteiger partial charge < -0.3 is 9.55 Å². The summed E-state index contributed by atoms with van der Waals surface area (Å²) in [5.41, 5.74) is 8.06. The fraction of sp³-hybridized carbons (Fsp3) is 0.235. The van der Waals surface area contributed by atoms with Crippen LogP contribution in [0.15, 0.2) is 85.1 Å². The van der Waals surface area contributed by atoms with Crippen molar-refractivity contribution in [3.8, 4) is 28.3 Å². The van der Waals surface area contributed by atoms with Gasteiger partial charge in [0.05, 0.1) is 5.65 Å². The second-order valence-electron chi connectivity index (χ2n) is 12.1. The van der Waals surface area contributed by atoms with Crippen molar-refractivity contribution in [3.05, 3.63) is 102 Å². The maximum atomic E-state index is 5.19. The van der Waals surface area contributed by atoms with E-state index in [0.717, 1.165) is 50.3 Å². The minimum Gasteiger partial charge on any atom is -0.435 e. The predicted octanol–water partition coefficient (Wildman–Crippen LogP) is 8.26. The molecule has 4 heterocycles. The largest absolute Gasteiger partial charge is 2.00 e. The van der Waals surface area contributed by atoms with Gasteiger partial charge in [-0.3, -0.25) is 9.97 Å². The van der Waals surface area contributed by atoms with E-state index in [0.29, 0.717) is 0 Å². The summed E-state index contributed by atoms with van der Waals surface area (Å²) in [5.74, 6) is 0.904. The van der Waals surface area contributed by atoms with Gasteiger partial charge >= 0.3 is 21.1 Å². The van der Waals surface area contributed by atoms with Crippen LogP contribution in [0.25, 0.3) is 50.3 Å². The molecule has 0 saturated heterocycles. The van der Waals surface area contributed by atoms with E-state index in [1.165, 1.54) is 11.3 Å². The number of nitrogens with zero attached hydrogens (tertiary/aromatic N) is 4. The number of aromatic nitrogens is 4. The number of hydrogen-bond donors (Lipinski definition) is 0. The van der Waals surface area contributed by atoms with Crippen LogP contribution in [0.3, 0.4) is 0 Å². The predicted molar refractivity (Wildman–Crippen MR) is 157 cm³/mol. The minimum atomic E-state index is -0.0897. The summed E-state index contributed by atoms with van der Waals surface area (Å²) in [4.78, 5) is 14.8. The molecule has 0 atom stereocenters. The van der Waals surface area contributed by atoms with Gasteiger partial charge in [0.15, 0.2) is 0 Å². The number of pyridine rings is 2. The average molecular weight is 692 g/mol. The number of fused-ring (bicyclic) bond motifs is 2. The molecule has 0 aliphatic rings. The van der Waals surface area contributed by atoms with Crippen molar-refractivity contribution in [2.45, 2.75) is 52.4 Å². The van der Waals surface area contributed by atoms with E-state index in [-0.39, 0.29) is 31.9 Å². The molecule has 0 N–H and O–H groups in total. The van der Waals surface area contributed by atoms with Gasteiger partial charge in [-0.25, -0.2) is 0 Å². The summed E-state index contributed by atoms with van der Waals surface area (Å²) in [6.07, 6.45) is 1.81. The van der Waals surface area contributed by atoms with Crippen molar-refractivity contribution >= 4 is 21.9 Å². The summed E-state index contributed by atoms with van der Waals surface area (Å²) in [6.45, 7) is 13.4. The normalized spacial score (nSPS) is 12.2. The number of benzene rings is 2. The van der Waals surface area contributed by atoms with Crippen LogP contribution in [0, 0.1) is 6.07 Å². The van der Waals surface area contributed by atoms with E-state index in [1.807, 2.05) is 36.5 Å². The summed E-state index contributed by atoms with van der Waals surface area (Å²) in [7, 11) is 0. The molecule has 5 heteroatoms. The van der Waals surface area contributed by atoms with E-state index in [4.69, 9.17) is 9.97 Å². The maximum absolute atomic E-state index is 5.19. The zero-order valence-electron chi connectivity index (χ0n) is 23.2. The van der Waals surface area contributed by atoms with Gasteiger partial charge in [0.25, 0.3) is 0 Å². The molecule has 0 saturated carbocycles. The number of rotatable bonds is 3. The van der Waals surface area contributed by atoms with Crippen molar-refractivity contribution in [1.29, 1.82) is 0 Å². The Morgan fingerprint density at radius 2 is 1.49 bits per heavy atom. The van der Waals surface area contributed by atoms with Gasteiger partial charge in [-0.2, -0.15) is 0 Å². The smallest absolute Gasteiger partial charge is 0.435 e. The molecule has 4 nitrogen and oxygen atoms in total. The second kappa shape index (κ2) is 9.92. The first-order valence-corrected chi connectivity index (χ1v) is 13.1. The Morgan fingerprint density at radius 1 is 0.718 bits per heavy atom. The van der Waals surface area contributed by atoms with Crippen molar-refractivity contribution < 1.29 is 21.1 Å². The molecular weight excluding hydrogens is 659 g/mol. The minimum absolute atomic E-state index is 0. The molecule has 4 aromatic heterocycles. The average Bonchev–Trinajstić information content (AvgIpc) is 3.49. The Balaban J connectivity index is 0.00000308. The second-order valence-corrected chi connectivity index (χ2v) is 12.1. The van der Waals surface area contributed by atoms with E-state index in [1.54, 1.807) is 0 Å². The van der Waals surface area contributed by atoms with Gasteiger partial charge in [0.2, 0.25) is 0 Å². The van der Waals surface area contributed by atoms with Gasteiger partial charge in [-0.15, -0.1) is 24.3 Å². The third kappa shape index (κ3) is 5.11. The first-order valence-electron chi connectivity index (χ1n) is 13.1. The van der Waals surface area contributed by atoms with E-state index in [9.17, 15) is 0 Å². The molecular formula is C34H32N4Pt. The first kappa shape index (κ1) is 27.1. The fourth-order valence-corrected chi connectivity index (χ4v) is 4.95. The van der Waals surface area contributed by atoms with Gasteiger partial charge in [-0.1, -0.05) is 119 Å². The SMILES string of the molecule is CC(C)(C)c1ccc2[n-]c(-n3c(C(C)(C)C)cc4ccc(-c5[c-]c(-c6ccccn6)ccc5)nc43)cc2c1.[Pt+2]. The Labute approximate surface area is 244 Å². The molecule has 6 rings (SSSR count). The van der Waals surface area contributed by atoms with Crippen LogP contribution in [0.2, 0.25) is 0 Å². The monoisotopic (exact) mass is 691 g/mol. The molecule has 0 spiro atoms. The van der Waals surface area contributed by atoms with Crippen molar-refractivity contribution in [2.75, 3.05) is 0 Å². The van der Waals surface area contributed by atoms with Crippen molar-refractivity contribution in [1.82, 2.24) is 19.5 Å². The molecule has 0 amide bonds. The summed E-state index contributed by atoms with van der Waals surface area (Å²) < 4.78 is 2.23. The summed E-state index contributed by atoms with van der Waals surface area (Å²) in [5, 5.41) is 2.25. The van der Waals surface area contributed by atoms with Crippen LogP contribution in [-0.2, 0) is 31.9 Å². The Bertz CT molecular complexity index is 1780. The van der Waals surface area contributed by atoms with E-state index >= 15 is 0 Å². The van der Waals surface area contributed by atoms with Crippen LogP contribution in [0.4, 0.5) is 0 Å². The quantitative estimate of drug-likeness (QED) is 0.176. The number of hydrogen-bond acceptors (Lipinski definition) is 2. The first-order chi connectivity index (χ1) is 18.1. The van der Waals surface area contributed by atoms with E-state index in [2.05, 4.69) is 106 Å². The third-order valence-corrected chi connectivity index (χ3v) is 7.07. The van der Waals surface area contributed by atoms with Crippen LogP contribution in [-0.4, -0.2) is 14.5 Å². The fourth-order valence-electron chi connectivity index (χ4n) is 4.95. The standard InChI is InChI=1S/C34H32N4.Pt/c1-33(2,3)26-14-16-29-25(19-26)21-31(36-29)38-30(34(4,5)6)20-24-13-15-28(37-32(24)38)23-11-9-10-22(18-23)27-12-7-8-17-35-27;/h7-17,19-21H,1-6H3;/q-2;+2. The van der Waals surface area contributed by atoms with Crippen LogP contribution in [0.5, 0.6) is 0 Å². The third-order valence-electron chi connectivity index (χ3n) is 7.07. The van der Waals surface area contributed by atoms with Crippen LogP contribution in [0.1, 0.15) is 52.8 Å². The molecule has 0 fully saturated rings. The molecule has 0 bridgehead atoms. The summed E-state index contributed by atoms with van der Waals surface area (Å²) in [6, 6.07) is 30.9. The zero-order chi connectivity index (χ0) is 26.7. The van der Waals surface area contributed by atoms with Crippen LogP contribution < -0.4 is 4.98 Å². The van der Waals surface area contributed by atoms with E-state index < -0.39 is 0 Å². The molecule has 2 aromatic carbocycles. The van der Waals surface area contributed by atoms with Crippen molar-refractivity contribution in [3.63, 3.8) is 0 Å². The summed E-state index contributed by atoms with van der Waals surface area (Å²) >= 11 is 0. The van der Waals surface area contributed by atoms with Crippen molar-refractivity contribution in [2.24, 2.45) is 0 Å². The molecule has 0 unspecified atom stereocenters. The Kier molecular flexibility index (Phi) is 6.89. The molecule has 39 heavy (non-hydrogen) atoms. The molecule has 0 aliphatic heterocycles. The van der Waals surface area contributed by atoms with Crippen LogP contribution >= 0.6 is 0 Å². The molecule has 198 valence electrons. The maximum Gasteiger partial charge on any atom is 2.00 e.